The summed E-state index contributed by atoms with van der Waals surface area (Å²) in [6, 6.07) is 26.3. The summed E-state index contributed by atoms with van der Waals surface area (Å²) in [5.74, 6) is 0.556. The lowest BCUT2D eigenvalue weighted by Crippen LogP contribution is -2.25. The minimum atomic E-state index is -0.360. The number of hydrogen-bond acceptors (Lipinski definition) is 5. The fourth-order valence-electron chi connectivity index (χ4n) is 3.69. The molecule has 1 aromatic heterocycles. The number of rotatable bonds is 6. The SMILES string of the molecule is O=C1NC(=O)C(Cc2ccc(Nc3nc4ccccc4n3Cc3ccccc3)cc2)S1. The van der Waals surface area contributed by atoms with Crippen molar-refractivity contribution in [1.82, 2.24) is 14.9 Å². The van der Waals surface area contributed by atoms with E-state index in [0.29, 0.717) is 13.0 Å². The molecule has 7 heteroatoms. The first-order valence-electron chi connectivity index (χ1n) is 10.0. The molecule has 6 nitrogen and oxygen atoms in total. The van der Waals surface area contributed by atoms with E-state index in [9.17, 15) is 9.59 Å². The number of carbonyl (C=O) groups excluding carboxylic acids is 2. The number of para-hydroxylation sites is 2. The van der Waals surface area contributed by atoms with Crippen molar-refractivity contribution in [3.8, 4) is 0 Å². The molecule has 0 aliphatic carbocycles. The van der Waals surface area contributed by atoms with Crippen LogP contribution in [0, 0.1) is 0 Å². The van der Waals surface area contributed by atoms with Gasteiger partial charge in [0, 0.05) is 5.69 Å². The van der Waals surface area contributed by atoms with E-state index in [0.717, 1.165) is 40.0 Å². The summed E-state index contributed by atoms with van der Waals surface area (Å²) >= 11 is 1.05. The zero-order valence-electron chi connectivity index (χ0n) is 16.6. The fraction of sp³-hybridized carbons (Fsp3) is 0.125. The molecule has 1 fully saturated rings. The first kappa shape index (κ1) is 19.4. The van der Waals surface area contributed by atoms with E-state index < -0.39 is 0 Å². The van der Waals surface area contributed by atoms with E-state index in [2.05, 4.69) is 33.4 Å². The Morgan fingerprint density at radius 1 is 0.903 bits per heavy atom. The van der Waals surface area contributed by atoms with Crippen molar-refractivity contribution in [2.75, 3.05) is 5.32 Å². The lowest BCUT2D eigenvalue weighted by Gasteiger charge is -2.12. The Kier molecular flexibility index (Phi) is 5.18. The third-order valence-electron chi connectivity index (χ3n) is 5.24. The minimum absolute atomic E-state index is 0.216. The van der Waals surface area contributed by atoms with Crippen molar-refractivity contribution >= 4 is 45.6 Å². The maximum atomic E-state index is 11.8. The van der Waals surface area contributed by atoms with Gasteiger partial charge >= 0.3 is 0 Å². The van der Waals surface area contributed by atoms with Crippen molar-refractivity contribution in [2.24, 2.45) is 0 Å². The van der Waals surface area contributed by atoms with E-state index in [4.69, 9.17) is 4.98 Å². The number of benzene rings is 3. The summed E-state index contributed by atoms with van der Waals surface area (Å²) in [4.78, 5) is 27.9. The van der Waals surface area contributed by atoms with Crippen molar-refractivity contribution in [3.05, 3.63) is 90.0 Å². The first-order chi connectivity index (χ1) is 15.2. The number of thioether (sulfide) groups is 1. The summed E-state index contributed by atoms with van der Waals surface area (Å²) < 4.78 is 2.17. The highest BCUT2D eigenvalue weighted by Gasteiger charge is 2.31. The van der Waals surface area contributed by atoms with Crippen LogP contribution in [0.25, 0.3) is 11.0 Å². The molecule has 0 radical (unpaired) electrons. The van der Waals surface area contributed by atoms with Crippen LogP contribution < -0.4 is 10.6 Å². The average Bonchev–Trinajstić information content (AvgIpc) is 3.28. The number of hydrogen-bond donors (Lipinski definition) is 2. The molecule has 2 amide bonds. The van der Waals surface area contributed by atoms with Crippen LogP contribution in [0.2, 0.25) is 0 Å². The Morgan fingerprint density at radius 3 is 2.39 bits per heavy atom. The Hall–Kier alpha value is -3.58. The van der Waals surface area contributed by atoms with Gasteiger partial charge in [0.25, 0.3) is 5.24 Å². The molecule has 3 aromatic carbocycles. The van der Waals surface area contributed by atoms with Crippen LogP contribution >= 0.6 is 11.8 Å². The van der Waals surface area contributed by atoms with E-state index >= 15 is 0 Å². The van der Waals surface area contributed by atoms with Gasteiger partial charge in [-0.15, -0.1) is 0 Å². The molecule has 1 aliphatic rings. The third-order valence-corrected chi connectivity index (χ3v) is 6.22. The quantitative estimate of drug-likeness (QED) is 0.465. The van der Waals surface area contributed by atoms with Crippen LogP contribution in [-0.4, -0.2) is 25.9 Å². The predicted octanol–water partition coefficient (Wildman–Crippen LogP) is 4.72. The van der Waals surface area contributed by atoms with Crippen molar-refractivity contribution in [2.45, 2.75) is 18.2 Å². The number of fused-ring (bicyclic) bond motifs is 1. The number of aromatic nitrogens is 2. The predicted molar refractivity (Wildman–Crippen MR) is 124 cm³/mol. The molecule has 4 aromatic rings. The van der Waals surface area contributed by atoms with Gasteiger partial charge in [0.1, 0.15) is 0 Å². The Bertz CT molecular complexity index is 1250. The van der Waals surface area contributed by atoms with E-state index in [1.807, 2.05) is 60.7 Å². The maximum absolute atomic E-state index is 11.8. The van der Waals surface area contributed by atoms with E-state index in [-0.39, 0.29) is 16.4 Å². The molecule has 1 aliphatic heterocycles. The summed E-state index contributed by atoms with van der Waals surface area (Å²) in [6.45, 7) is 0.712. The molecule has 1 saturated heterocycles. The van der Waals surface area contributed by atoms with Gasteiger partial charge in [0.2, 0.25) is 11.9 Å². The molecule has 2 heterocycles. The average molecular weight is 429 g/mol. The Labute approximate surface area is 183 Å². The van der Waals surface area contributed by atoms with Gasteiger partial charge in [-0.2, -0.15) is 0 Å². The normalized spacial score (nSPS) is 15.9. The van der Waals surface area contributed by atoms with Gasteiger partial charge in [-0.25, -0.2) is 4.98 Å². The van der Waals surface area contributed by atoms with Crippen LogP contribution in [0.5, 0.6) is 0 Å². The molecular weight excluding hydrogens is 408 g/mol. The van der Waals surface area contributed by atoms with Crippen LogP contribution in [0.1, 0.15) is 11.1 Å². The van der Waals surface area contributed by atoms with Gasteiger partial charge in [-0.05, 0) is 41.8 Å². The zero-order chi connectivity index (χ0) is 21.2. The molecular formula is C24H20N4O2S. The fourth-order valence-corrected chi connectivity index (χ4v) is 4.55. The van der Waals surface area contributed by atoms with Gasteiger partial charge in [-0.3, -0.25) is 14.9 Å². The highest BCUT2D eigenvalue weighted by Crippen LogP contribution is 2.26. The number of nitrogens with one attached hydrogen (secondary N) is 2. The van der Waals surface area contributed by atoms with Gasteiger partial charge in [-0.1, -0.05) is 66.4 Å². The van der Waals surface area contributed by atoms with Crippen LogP contribution in [0.15, 0.2) is 78.9 Å². The topological polar surface area (TPSA) is 76.0 Å². The molecule has 1 unspecified atom stereocenters. The maximum Gasteiger partial charge on any atom is 0.286 e. The molecule has 0 bridgehead atoms. The van der Waals surface area contributed by atoms with Crippen molar-refractivity contribution in [1.29, 1.82) is 0 Å². The second kappa shape index (κ2) is 8.28. The molecule has 0 spiro atoms. The van der Waals surface area contributed by atoms with Gasteiger partial charge in [0.15, 0.2) is 0 Å². The molecule has 31 heavy (non-hydrogen) atoms. The van der Waals surface area contributed by atoms with Gasteiger partial charge < -0.3 is 9.88 Å². The summed E-state index contributed by atoms with van der Waals surface area (Å²) in [6.07, 6.45) is 0.523. The Balaban J connectivity index is 1.38. The number of imide groups is 1. The lowest BCUT2D eigenvalue weighted by molar-refractivity contribution is -0.118. The molecule has 2 N–H and O–H groups in total. The second-order valence-electron chi connectivity index (χ2n) is 7.41. The highest BCUT2D eigenvalue weighted by atomic mass is 32.2. The van der Waals surface area contributed by atoms with Crippen molar-refractivity contribution < 1.29 is 9.59 Å². The number of nitrogens with zero attached hydrogens (tertiary/aromatic N) is 2. The number of imidazole rings is 1. The van der Waals surface area contributed by atoms with Crippen molar-refractivity contribution in [3.63, 3.8) is 0 Å². The summed E-state index contributed by atoms with van der Waals surface area (Å²) in [5, 5.41) is 5.13. The highest BCUT2D eigenvalue weighted by molar-refractivity contribution is 8.15. The van der Waals surface area contributed by atoms with Crippen LogP contribution in [-0.2, 0) is 17.8 Å². The monoisotopic (exact) mass is 428 g/mol. The van der Waals surface area contributed by atoms with Crippen LogP contribution in [0.3, 0.4) is 0 Å². The molecule has 0 saturated carbocycles. The third kappa shape index (κ3) is 4.18. The van der Waals surface area contributed by atoms with Gasteiger partial charge in [0.05, 0.1) is 22.8 Å². The molecule has 154 valence electrons. The van der Waals surface area contributed by atoms with E-state index in [1.165, 1.54) is 5.56 Å². The lowest BCUT2D eigenvalue weighted by atomic mass is 10.1. The zero-order valence-corrected chi connectivity index (χ0v) is 17.4. The smallest absolute Gasteiger partial charge is 0.286 e. The second-order valence-corrected chi connectivity index (χ2v) is 8.58. The number of amides is 2. The van der Waals surface area contributed by atoms with E-state index in [1.54, 1.807) is 0 Å². The Morgan fingerprint density at radius 2 is 1.65 bits per heavy atom. The number of carbonyl (C=O) groups is 2. The summed E-state index contributed by atoms with van der Waals surface area (Å²) in [7, 11) is 0. The largest absolute Gasteiger partial charge is 0.326 e. The molecule has 1 atom stereocenters. The molecule has 5 rings (SSSR count). The standard InChI is InChI=1S/C24H20N4O2S/c29-22-21(31-24(30)27-22)14-16-10-12-18(13-11-16)25-23-26-19-8-4-5-9-20(19)28(23)15-17-6-2-1-3-7-17/h1-13,21H,14-15H2,(H,25,26)(H,27,29,30). The first-order valence-corrected chi connectivity index (χ1v) is 10.9. The number of anilines is 2. The van der Waals surface area contributed by atoms with Crippen LogP contribution in [0.4, 0.5) is 16.4 Å². The minimum Gasteiger partial charge on any atom is -0.326 e. The summed E-state index contributed by atoms with van der Waals surface area (Å²) in [5.41, 5.74) is 5.12.